The molecule has 0 fully saturated rings. The molecule has 1 heterocycles. The third-order valence-electron chi connectivity index (χ3n) is 3.80. The fourth-order valence-corrected chi connectivity index (χ4v) is 2.34. The minimum atomic E-state index is -0.607. The third-order valence-corrected chi connectivity index (χ3v) is 3.80. The number of phenolic OH excluding ortho intramolecular Hbond substituents is 1. The van der Waals surface area contributed by atoms with Crippen molar-refractivity contribution in [3.05, 3.63) is 54.1 Å². The van der Waals surface area contributed by atoms with Gasteiger partial charge in [-0.15, -0.1) is 15.0 Å². The van der Waals surface area contributed by atoms with Crippen LogP contribution in [0.25, 0.3) is 16.7 Å². The number of carbonyl (C=O) groups excluding carboxylic acids is 1. The van der Waals surface area contributed by atoms with Crippen molar-refractivity contribution < 1.29 is 24.4 Å². The minimum absolute atomic E-state index is 0.0423. The number of aromatic hydroxyl groups is 1. The van der Waals surface area contributed by atoms with E-state index in [1.807, 2.05) is 0 Å². The van der Waals surface area contributed by atoms with Crippen molar-refractivity contribution in [2.45, 2.75) is 13.3 Å². The van der Waals surface area contributed by atoms with E-state index >= 15 is 0 Å². The summed E-state index contributed by atoms with van der Waals surface area (Å²) in [5, 5.41) is 19.0. The highest BCUT2D eigenvalue weighted by Gasteiger charge is 2.11. The molecule has 0 atom stereocenters. The van der Waals surface area contributed by atoms with Gasteiger partial charge in [0.05, 0.1) is 13.7 Å². The van der Waals surface area contributed by atoms with Gasteiger partial charge in [0.15, 0.2) is 0 Å². The molecule has 0 aliphatic heterocycles. The second kappa shape index (κ2) is 7.88. The van der Waals surface area contributed by atoms with Gasteiger partial charge in [0, 0.05) is 18.1 Å². The van der Waals surface area contributed by atoms with Crippen LogP contribution < -0.4 is 4.74 Å². The zero-order valence-electron chi connectivity index (χ0n) is 15.0. The van der Waals surface area contributed by atoms with Crippen LogP contribution in [0.3, 0.4) is 0 Å². The largest absolute Gasteiger partial charge is 0.506 e. The standard InChI is InChI=1S/C19H19N3O5/c1-12(2)19(24)27-26-9-8-13-4-7-18(23)17(10-13)22-20-15-6-5-14(25-3)11-16(15)21-22/h4-7,10-11,23H,1,8-9H2,2-3H3. The average Bonchev–Trinajstić information content (AvgIpc) is 3.08. The van der Waals surface area contributed by atoms with Crippen LogP contribution in [0.5, 0.6) is 11.5 Å². The van der Waals surface area contributed by atoms with Gasteiger partial charge >= 0.3 is 5.97 Å². The van der Waals surface area contributed by atoms with E-state index in [0.29, 0.717) is 28.9 Å². The lowest BCUT2D eigenvalue weighted by molar-refractivity contribution is -0.267. The maximum absolute atomic E-state index is 11.3. The minimum Gasteiger partial charge on any atom is -0.506 e. The summed E-state index contributed by atoms with van der Waals surface area (Å²) < 4.78 is 5.18. The van der Waals surface area contributed by atoms with Gasteiger partial charge in [-0.05, 0) is 36.8 Å². The quantitative estimate of drug-likeness (QED) is 0.296. The Labute approximate surface area is 155 Å². The van der Waals surface area contributed by atoms with Crippen molar-refractivity contribution in [3.8, 4) is 17.2 Å². The Hall–Kier alpha value is -3.39. The van der Waals surface area contributed by atoms with Crippen LogP contribution in [0.15, 0.2) is 48.6 Å². The fraction of sp³-hybridized carbons (Fsp3) is 0.211. The lowest BCUT2D eigenvalue weighted by Gasteiger charge is -2.07. The Bertz CT molecular complexity index is 996. The number of fused-ring (bicyclic) bond motifs is 1. The predicted molar refractivity (Wildman–Crippen MR) is 97.6 cm³/mol. The summed E-state index contributed by atoms with van der Waals surface area (Å²) in [6.07, 6.45) is 0.464. The maximum atomic E-state index is 11.3. The molecule has 0 saturated heterocycles. The first-order valence-electron chi connectivity index (χ1n) is 8.20. The van der Waals surface area contributed by atoms with Gasteiger partial charge in [-0.3, -0.25) is 4.89 Å². The van der Waals surface area contributed by atoms with E-state index < -0.39 is 5.97 Å². The second-order valence-electron chi connectivity index (χ2n) is 5.89. The summed E-state index contributed by atoms with van der Waals surface area (Å²) in [6, 6.07) is 10.4. The highest BCUT2D eigenvalue weighted by atomic mass is 17.2. The van der Waals surface area contributed by atoms with Gasteiger partial charge < -0.3 is 9.84 Å². The number of nitrogens with zero attached hydrogens (tertiary/aromatic N) is 3. The topological polar surface area (TPSA) is 95.7 Å². The molecule has 8 nitrogen and oxygen atoms in total. The lowest BCUT2D eigenvalue weighted by atomic mass is 10.1. The molecule has 8 heteroatoms. The summed E-state index contributed by atoms with van der Waals surface area (Å²) in [5.74, 6) is 0.110. The molecule has 140 valence electrons. The number of ether oxygens (including phenoxy) is 1. The summed E-state index contributed by atoms with van der Waals surface area (Å²) >= 11 is 0. The molecule has 2 aromatic carbocycles. The van der Waals surface area contributed by atoms with Crippen LogP contribution in [0.2, 0.25) is 0 Å². The Morgan fingerprint density at radius 1 is 1.19 bits per heavy atom. The molecule has 0 aliphatic rings. The summed E-state index contributed by atoms with van der Waals surface area (Å²) in [6.45, 7) is 5.17. The van der Waals surface area contributed by atoms with Crippen molar-refractivity contribution in [1.82, 2.24) is 15.0 Å². The Balaban J connectivity index is 1.75. The molecule has 3 rings (SSSR count). The fourth-order valence-electron chi connectivity index (χ4n) is 2.34. The van der Waals surface area contributed by atoms with Gasteiger partial charge in [-0.1, -0.05) is 12.6 Å². The van der Waals surface area contributed by atoms with E-state index in [-0.39, 0.29) is 17.9 Å². The van der Waals surface area contributed by atoms with Gasteiger partial charge in [-0.2, -0.15) is 4.89 Å². The van der Waals surface area contributed by atoms with Crippen LogP contribution in [0, 0.1) is 0 Å². The van der Waals surface area contributed by atoms with Crippen molar-refractivity contribution in [3.63, 3.8) is 0 Å². The lowest BCUT2D eigenvalue weighted by Crippen LogP contribution is -2.08. The molecular weight excluding hydrogens is 350 g/mol. The van der Waals surface area contributed by atoms with Gasteiger partial charge in [0.2, 0.25) is 0 Å². The monoisotopic (exact) mass is 369 g/mol. The Kier molecular flexibility index (Phi) is 5.37. The average molecular weight is 369 g/mol. The maximum Gasteiger partial charge on any atom is 0.368 e. The van der Waals surface area contributed by atoms with Crippen LogP contribution in [0.1, 0.15) is 12.5 Å². The predicted octanol–water partition coefficient (Wildman–Crippen LogP) is 2.73. The zero-order chi connectivity index (χ0) is 19.4. The van der Waals surface area contributed by atoms with Gasteiger partial charge in [-0.25, -0.2) is 4.79 Å². The molecule has 0 amide bonds. The van der Waals surface area contributed by atoms with Crippen molar-refractivity contribution in [1.29, 1.82) is 0 Å². The number of hydrogen-bond donors (Lipinski definition) is 1. The van der Waals surface area contributed by atoms with Crippen molar-refractivity contribution in [2.24, 2.45) is 0 Å². The van der Waals surface area contributed by atoms with E-state index in [1.54, 1.807) is 43.5 Å². The molecular formula is C19H19N3O5. The number of carbonyl (C=O) groups is 1. The SMILES string of the molecule is C=C(C)C(=O)OOCCc1ccc(O)c(-n2nc3ccc(OC)cc3n2)c1. The van der Waals surface area contributed by atoms with Crippen LogP contribution >= 0.6 is 0 Å². The van der Waals surface area contributed by atoms with Gasteiger partial charge in [0.1, 0.15) is 28.2 Å². The first-order valence-corrected chi connectivity index (χ1v) is 8.20. The molecule has 1 aromatic heterocycles. The van der Waals surface area contributed by atoms with E-state index in [2.05, 4.69) is 21.7 Å². The van der Waals surface area contributed by atoms with Crippen molar-refractivity contribution in [2.75, 3.05) is 13.7 Å². The van der Waals surface area contributed by atoms with Gasteiger partial charge in [0.25, 0.3) is 0 Å². The Morgan fingerprint density at radius 2 is 1.96 bits per heavy atom. The smallest absolute Gasteiger partial charge is 0.368 e. The molecule has 3 aromatic rings. The first-order chi connectivity index (χ1) is 13.0. The van der Waals surface area contributed by atoms with Crippen LogP contribution in [0.4, 0.5) is 0 Å². The number of methoxy groups -OCH3 is 1. The van der Waals surface area contributed by atoms with E-state index in [0.717, 1.165) is 5.56 Å². The number of aromatic nitrogens is 3. The molecule has 0 bridgehead atoms. The first kappa shape index (κ1) is 18.4. The molecule has 0 spiro atoms. The normalized spacial score (nSPS) is 10.7. The number of benzene rings is 2. The molecule has 0 saturated carbocycles. The molecule has 1 N–H and O–H groups in total. The molecule has 0 unspecified atom stereocenters. The van der Waals surface area contributed by atoms with Crippen LogP contribution in [-0.4, -0.2) is 39.8 Å². The van der Waals surface area contributed by atoms with E-state index in [9.17, 15) is 9.90 Å². The number of rotatable bonds is 7. The highest BCUT2D eigenvalue weighted by molar-refractivity contribution is 5.86. The summed E-state index contributed by atoms with van der Waals surface area (Å²) in [7, 11) is 1.58. The summed E-state index contributed by atoms with van der Waals surface area (Å²) in [5.41, 5.74) is 2.87. The molecule has 0 aliphatic carbocycles. The zero-order valence-corrected chi connectivity index (χ0v) is 15.0. The van der Waals surface area contributed by atoms with E-state index in [1.165, 1.54) is 11.7 Å². The Morgan fingerprint density at radius 3 is 2.70 bits per heavy atom. The van der Waals surface area contributed by atoms with Crippen LogP contribution in [-0.2, 0) is 21.0 Å². The summed E-state index contributed by atoms with van der Waals surface area (Å²) in [4.78, 5) is 22.1. The third kappa shape index (κ3) is 4.24. The van der Waals surface area contributed by atoms with E-state index in [4.69, 9.17) is 9.62 Å². The van der Waals surface area contributed by atoms with Crippen molar-refractivity contribution >= 4 is 17.0 Å². The molecule has 27 heavy (non-hydrogen) atoms. The molecule has 0 radical (unpaired) electrons. The number of hydrogen-bond acceptors (Lipinski definition) is 7. The second-order valence-corrected chi connectivity index (χ2v) is 5.89. The highest BCUT2D eigenvalue weighted by Crippen LogP contribution is 2.24. The number of phenols is 1.